The number of rotatable bonds is 1. The summed E-state index contributed by atoms with van der Waals surface area (Å²) >= 11 is 0. The molecule has 0 aliphatic rings. The first-order valence-corrected chi connectivity index (χ1v) is 6.94. The van der Waals surface area contributed by atoms with Crippen molar-refractivity contribution in [2.45, 2.75) is 13.8 Å². The average molecular weight is 291 g/mol. The lowest BCUT2D eigenvalue weighted by atomic mass is 10.1. The van der Waals surface area contributed by atoms with E-state index in [1.165, 1.54) is 6.07 Å². The molecule has 0 fully saturated rings. The lowest BCUT2D eigenvalue weighted by Crippen LogP contribution is -2.14. The van der Waals surface area contributed by atoms with Gasteiger partial charge in [-0.2, -0.15) is 5.10 Å². The number of aromatic nitrogens is 5. The summed E-state index contributed by atoms with van der Waals surface area (Å²) in [7, 11) is 0. The number of fused-ring (bicyclic) bond motifs is 2. The van der Waals surface area contributed by atoms with Crippen LogP contribution < -0.4 is 5.56 Å². The van der Waals surface area contributed by atoms with Crippen molar-refractivity contribution in [2.24, 2.45) is 0 Å². The molecule has 6 heteroatoms. The summed E-state index contributed by atoms with van der Waals surface area (Å²) in [6, 6.07) is 7.21. The van der Waals surface area contributed by atoms with Crippen LogP contribution in [-0.4, -0.2) is 24.0 Å². The minimum absolute atomic E-state index is 0.0889. The van der Waals surface area contributed by atoms with Crippen molar-refractivity contribution in [3.05, 3.63) is 64.6 Å². The molecular weight excluding hydrogens is 278 g/mol. The standard InChI is InChI=1S/C16H13N5O/c1-10-8-14(22)20-7-3-4-12(15(20)18-10)13-5-6-17-21-9-11(2)19-16(13)21/h3-9H,1-2H3. The maximum Gasteiger partial charge on any atom is 0.258 e. The van der Waals surface area contributed by atoms with Crippen LogP contribution in [0.5, 0.6) is 0 Å². The van der Waals surface area contributed by atoms with Crippen molar-refractivity contribution in [1.82, 2.24) is 24.0 Å². The number of imidazole rings is 1. The van der Waals surface area contributed by atoms with Gasteiger partial charge in [-0.15, -0.1) is 0 Å². The summed E-state index contributed by atoms with van der Waals surface area (Å²) < 4.78 is 3.29. The first-order chi connectivity index (χ1) is 10.6. The van der Waals surface area contributed by atoms with Crippen molar-refractivity contribution in [2.75, 3.05) is 0 Å². The van der Waals surface area contributed by atoms with Crippen molar-refractivity contribution in [3.63, 3.8) is 0 Å². The van der Waals surface area contributed by atoms with Gasteiger partial charge >= 0.3 is 0 Å². The topological polar surface area (TPSA) is 64.6 Å². The van der Waals surface area contributed by atoms with Crippen LogP contribution in [0.15, 0.2) is 47.7 Å². The van der Waals surface area contributed by atoms with E-state index in [0.717, 1.165) is 22.5 Å². The Hall–Kier alpha value is -3.02. The highest BCUT2D eigenvalue weighted by atomic mass is 16.1. The van der Waals surface area contributed by atoms with Crippen molar-refractivity contribution in [1.29, 1.82) is 0 Å². The molecule has 0 aliphatic carbocycles. The molecule has 6 nitrogen and oxygen atoms in total. The Labute approximate surface area is 125 Å². The molecule has 0 bridgehead atoms. The van der Waals surface area contributed by atoms with E-state index in [1.54, 1.807) is 21.3 Å². The van der Waals surface area contributed by atoms with Gasteiger partial charge in [-0.3, -0.25) is 9.20 Å². The number of pyridine rings is 1. The van der Waals surface area contributed by atoms with E-state index in [0.29, 0.717) is 11.3 Å². The zero-order chi connectivity index (χ0) is 15.3. The molecule has 0 atom stereocenters. The van der Waals surface area contributed by atoms with E-state index in [2.05, 4.69) is 15.1 Å². The van der Waals surface area contributed by atoms with Gasteiger partial charge in [-0.05, 0) is 32.0 Å². The molecule has 4 heterocycles. The molecule has 0 spiro atoms. The number of hydrogen-bond acceptors (Lipinski definition) is 4. The molecular formula is C16H13N5O. The fourth-order valence-electron chi connectivity index (χ4n) is 2.67. The fourth-order valence-corrected chi connectivity index (χ4v) is 2.67. The zero-order valence-electron chi connectivity index (χ0n) is 12.2. The van der Waals surface area contributed by atoms with Gasteiger partial charge < -0.3 is 0 Å². The zero-order valence-corrected chi connectivity index (χ0v) is 12.2. The van der Waals surface area contributed by atoms with Gasteiger partial charge in [0.25, 0.3) is 5.56 Å². The smallest absolute Gasteiger partial charge is 0.258 e. The van der Waals surface area contributed by atoms with Crippen LogP contribution in [0.4, 0.5) is 0 Å². The Morgan fingerprint density at radius 3 is 2.64 bits per heavy atom. The van der Waals surface area contributed by atoms with Gasteiger partial charge in [-0.1, -0.05) is 0 Å². The molecule has 0 amide bonds. The molecule has 0 N–H and O–H groups in total. The highest BCUT2D eigenvalue weighted by Crippen LogP contribution is 2.26. The van der Waals surface area contributed by atoms with E-state index in [1.807, 2.05) is 38.2 Å². The Morgan fingerprint density at radius 1 is 1.00 bits per heavy atom. The minimum atomic E-state index is -0.0889. The molecule has 0 aliphatic heterocycles. The molecule has 4 rings (SSSR count). The summed E-state index contributed by atoms with van der Waals surface area (Å²) in [4.78, 5) is 21.2. The van der Waals surface area contributed by atoms with Crippen LogP contribution in [0.2, 0.25) is 0 Å². The van der Waals surface area contributed by atoms with Crippen molar-refractivity contribution < 1.29 is 0 Å². The van der Waals surface area contributed by atoms with E-state index in [9.17, 15) is 4.79 Å². The maximum atomic E-state index is 12.1. The van der Waals surface area contributed by atoms with Gasteiger partial charge in [0.2, 0.25) is 0 Å². The number of nitrogens with zero attached hydrogens (tertiary/aromatic N) is 5. The Bertz CT molecular complexity index is 1080. The largest absolute Gasteiger partial charge is 0.269 e. The second kappa shape index (κ2) is 4.49. The van der Waals surface area contributed by atoms with Gasteiger partial charge in [0, 0.05) is 35.3 Å². The summed E-state index contributed by atoms with van der Waals surface area (Å²) in [5.41, 5.74) is 4.64. The van der Waals surface area contributed by atoms with E-state index < -0.39 is 0 Å². The lowest BCUT2D eigenvalue weighted by Gasteiger charge is -2.08. The first kappa shape index (κ1) is 12.7. The van der Waals surface area contributed by atoms with Gasteiger partial charge in [0.15, 0.2) is 5.65 Å². The third-order valence-electron chi connectivity index (χ3n) is 3.59. The van der Waals surface area contributed by atoms with Gasteiger partial charge in [-0.25, -0.2) is 14.5 Å². The number of aryl methyl sites for hydroxylation is 2. The second-order valence-electron chi connectivity index (χ2n) is 5.25. The quantitative estimate of drug-likeness (QED) is 0.538. The molecule has 4 aromatic heterocycles. The van der Waals surface area contributed by atoms with Crippen LogP contribution in [0.25, 0.3) is 22.4 Å². The molecule has 108 valence electrons. The van der Waals surface area contributed by atoms with Gasteiger partial charge in [0.05, 0.1) is 11.9 Å². The van der Waals surface area contributed by atoms with E-state index in [-0.39, 0.29) is 5.56 Å². The number of hydrogen-bond donors (Lipinski definition) is 0. The average Bonchev–Trinajstić information content (AvgIpc) is 2.86. The maximum absolute atomic E-state index is 12.1. The Morgan fingerprint density at radius 2 is 1.77 bits per heavy atom. The third-order valence-corrected chi connectivity index (χ3v) is 3.59. The Kier molecular flexibility index (Phi) is 2.59. The van der Waals surface area contributed by atoms with Crippen molar-refractivity contribution in [3.8, 4) is 11.1 Å². The van der Waals surface area contributed by atoms with Crippen LogP contribution in [0, 0.1) is 13.8 Å². The molecule has 0 unspecified atom stereocenters. The second-order valence-corrected chi connectivity index (χ2v) is 5.25. The van der Waals surface area contributed by atoms with Crippen molar-refractivity contribution >= 4 is 11.3 Å². The normalized spacial score (nSPS) is 11.4. The molecule has 0 saturated carbocycles. The van der Waals surface area contributed by atoms with E-state index >= 15 is 0 Å². The van der Waals surface area contributed by atoms with Gasteiger partial charge in [0.1, 0.15) is 5.65 Å². The monoisotopic (exact) mass is 291 g/mol. The Balaban J connectivity index is 2.15. The predicted molar refractivity (Wildman–Crippen MR) is 82.9 cm³/mol. The summed E-state index contributed by atoms with van der Waals surface area (Å²) in [5.74, 6) is 0. The molecule has 0 saturated heterocycles. The lowest BCUT2D eigenvalue weighted by molar-refractivity contribution is 0.935. The highest BCUT2D eigenvalue weighted by molar-refractivity contribution is 5.85. The third kappa shape index (κ3) is 1.81. The van der Waals surface area contributed by atoms with Crippen LogP contribution in [-0.2, 0) is 0 Å². The first-order valence-electron chi connectivity index (χ1n) is 6.94. The van der Waals surface area contributed by atoms with Crippen LogP contribution >= 0.6 is 0 Å². The molecule has 0 radical (unpaired) electrons. The summed E-state index contributed by atoms with van der Waals surface area (Å²) in [5, 5.41) is 4.27. The highest BCUT2D eigenvalue weighted by Gasteiger charge is 2.12. The van der Waals surface area contributed by atoms with Crippen LogP contribution in [0.1, 0.15) is 11.4 Å². The fraction of sp³-hybridized carbons (Fsp3) is 0.125. The summed E-state index contributed by atoms with van der Waals surface area (Å²) in [6.07, 6.45) is 5.32. The van der Waals surface area contributed by atoms with Crippen LogP contribution in [0.3, 0.4) is 0 Å². The predicted octanol–water partition coefficient (Wildman–Crippen LogP) is 2.02. The summed E-state index contributed by atoms with van der Waals surface area (Å²) in [6.45, 7) is 3.74. The minimum Gasteiger partial charge on any atom is -0.269 e. The van der Waals surface area contributed by atoms with E-state index in [4.69, 9.17) is 0 Å². The SMILES string of the molecule is Cc1cn2nccc(-c3cccn4c(=O)cc(C)nc34)c2n1. The molecule has 22 heavy (non-hydrogen) atoms. The molecule has 0 aromatic carbocycles. The molecule has 4 aromatic rings.